The minimum absolute atomic E-state index is 0.0204. The molecule has 10 heteroatoms. The number of hydrogen-bond donors (Lipinski definition) is 1. The molecule has 178 valence electrons. The van der Waals surface area contributed by atoms with Gasteiger partial charge in [0.15, 0.2) is 11.4 Å². The second kappa shape index (κ2) is 8.05. The Morgan fingerprint density at radius 3 is 2.76 bits per heavy atom. The molecule has 3 heterocycles. The molecular formula is C24H26N4O5S. The summed E-state index contributed by atoms with van der Waals surface area (Å²) in [6.45, 7) is 7.21. The van der Waals surface area contributed by atoms with Crippen LogP contribution in [0.25, 0.3) is 11.0 Å². The van der Waals surface area contributed by atoms with Gasteiger partial charge in [0, 0.05) is 24.4 Å². The number of fused-ring (bicyclic) bond motifs is 3. The van der Waals surface area contributed by atoms with Gasteiger partial charge in [-0.25, -0.2) is 8.42 Å². The highest BCUT2D eigenvalue weighted by atomic mass is 32.2. The third-order valence-corrected chi connectivity index (χ3v) is 7.33. The van der Waals surface area contributed by atoms with E-state index in [4.69, 9.17) is 14.0 Å². The monoisotopic (exact) mass is 482 g/mol. The number of nitrogens with zero attached hydrogens (tertiary/aromatic N) is 3. The first-order valence-electron chi connectivity index (χ1n) is 10.9. The third kappa shape index (κ3) is 3.87. The number of nitrogens with one attached hydrogen (secondary N) is 1. The number of hydrogen-bond acceptors (Lipinski definition) is 7. The molecule has 0 bridgehead atoms. The van der Waals surface area contributed by atoms with Gasteiger partial charge in [0.25, 0.3) is 10.0 Å². The molecule has 0 atom stereocenters. The zero-order valence-corrected chi connectivity index (χ0v) is 20.3. The van der Waals surface area contributed by atoms with Crippen molar-refractivity contribution in [1.82, 2.24) is 14.9 Å². The first-order valence-corrected chi connectivity index (χ1v) is 12.4. The number of sulfonamides is 1. The van der Waals surface area contributed by atoms with Crippen LogP contribution in [-0.4, -0.2) is 37.1 Å². The van der Waals surface area contributed by atoms with E-state index in [1.807, 2.05) is 23.0 Å². The maximum atomic E-state index is 13.3. The molecule has 0 spiro atoms. The van der Waals surface area contributed by atoms with Gasteiger partial charge in [-0.2, -0.15) is 5.10 Å². The van der Waals surface area contributed by atoms with Crippen LogP contribution >= 0.6 is 0 Å². The van der Waals surface area contributed by atoms with Crippen molar-refractivity contribution in [2.24, 2.45) is 0 Å². The average Bonchev–Trinajstić information content (AvgIpc) is 3.54. The first-order chi connectivity index (χ1) is 16.2. The lowest BCUT2D eigenvalue weighted by Gasteiger charge is -2.21. The van der Waals surface area contributed by atoms with Crippen LogP contribution in [0.15, 0.2) is 52.1 Å². The summed E-state index contributed by atoms with van der Waals surface area (Å²) < 4.78 is 47.9. The van der Waals surface area contributed by atoms with E-state index >= 15 is 0 Å². The summed E-state index contributed by atoms with van der Waals surface area (Å²) >= 11 is 0. The Labute approximate surface area is 197 Å². The van der Waals surface area contributed by atoms with Gasteiger partial charge >= 0.3 is 0 Å². The van der Waals surface area contributed by atoms with Crippen molar-refractivity contribution in [2.45, 2.75) is 44.0 Å². The van der Waals surface area contributed by atoms with Gasteiger partial charge in [-0.3, -0.25) is 9.40 Å². The quantitative estimate of drug-likeness (QED) is 0.440. The summed E-state index contributed by atoms with van der Waals surface area (Å²) in [6.07, 6.45) is 4.31. The van der Waals surface area contributed by atoms with E-state index in [-0.39, 0.29) is 21.9 Å². The lowest BCUT2D eigenvalue weighted by molar-refractivity contribution is 0.360. The molecule has 1 aliphatic heterocycles. The summed E-state index contributed by atoms with van der Waals surface area (Å²) in [6, 6.07) is 8.82. The van der Waals surface area contributed by atoms with Gasteiger partial charge in [0.05, 0.1) is 20.3 Å². The zero-order valence-electron chi connectivity index (χ0n) is 19.5. The van der Waals surface area contributed by atoms with Crippen LogP contribution in [0, 0.1) is 0 Å². The predicted molar refractivity (Wildman–Crippen MR) is 127 cm³/mol. The molecule has 4 aromatic rings. The molecule has 0 fully saturated rings. The van der Waals surface area contributed by atoms with Crippen molar-refractivity contribution in [1.29, 1.82) is 0 Å². The first kappa shape index (κ1) is 22.3. The standard InChI is InChI=1S/C24H26N4O5S/c1-24(2,3)16-6-7-20(18(13-16)31-4)34(29,30)27-23-21-19(33-26-23)12-15(14-28-10-5-9-25-28)17-8-11-32-22(17)21/h5-7,9-10,12-13H,8,11,14H2,1-4H3,(H,26,27). The van der Waals surface area contributed by atoms with Crippen molar-refractivity contribution >= 4 is 26.8 Å². The molecule has 1 N–H and O–H groups in total. The van der Waals surface area contributed by atoms with Crippen molar-refractivity contribution in [3.63, 3.8) is 0 Å². The normalized spacial score (nSPS) is 13.6. The van der Waals surface area contributed by atoms with E-state index < -0.39 is 10.0 Å². The number of anilines is 1. The van der Waals surface area contributed by atoms with Crippen molar-refractivity contribution in [2.75, 3.05) is 18.4 Å². The highest BCUT2D eigenvalue weighted by molar-refractivity contribution is 7.92. The lowest BCUT2D eigenvalue weighted by Crippen LogP contribution is -2.16. The Balaban J connectivity index is 1.54. The molecule has 2 aromatic heterocycles. The summed E-state index contributed by atoms with van der Waals surface area (Å²) in [5.41, 5.74) is 3.24. The van der Waals surface area contributed by atoms with E-state index in [0.29, 0.717) is 36.3 Å². The maximum Gasteiger partial charge on any atom is 0.266 e. The van der Waals surface area contributed by atoms with Crippen molar-refractivity contribution in [3.05, 3.63) is 59.4 Å². The fourth-order valence-corrected chi connectivity index (χ4v) is 5.33. The largest absolute Gasteiger partial charge is 0.495 e. The van der Waals surface area contributed by atoms with Crippen LogP contribution in [0.1, 0.15) is 37.5 Å². The van der Waals surface area contributed by atoms with E-state index in [2.05, 4.69) is 35.7 Å². The number of aromatic nitrogens is 3. The smallest absolute Gasteiger partial charge is 0.266 e. The minimum atomic E-state index is -4.02. The molecular weight excluding hydrogens is 456 g/mol. The number of ether oxygens (including phenoxy) is 2. The number of rotatable bonds is 6. The Morgan fingerprint density at radius 1 is 1.24 bits per heavy atom. The second-order valence-electron chi connectivity index (χ2n) is 9.27. The van der Waals surface area contributed by atoms with Gasteiger partial charge in [-0.15, -0.1) is 0 Å². The van der Waals surface area contributed by atoms with Gasteiger partial charge < -0.3 is 14.0 Å². The maximum absolute atomic E-state index is 13.3. The predicted octanol–water partition coefficient (Wildman–Crippen LogP) is 4.11. The molecule has 0 radical (unpaired) electrons. The van der Waals surface area contributed by atoms with E-state index in [1.54, 1.807) is 24.4 Å². The summed E-state index contributed by atoms with van der Waals surface area (Å²) in [5.74, 6) is 0.935. The van der Waals surface area contributed by atoms with Gasteiger partial charge in [0.2, 0.25) is 0 Å². The molecule has 1 aliphatic rings. The summed E-state index contributed by atoms with van der Waals surface area (Å²) in [5, 5.41) is 8.80. The van der Waals surface area contributed by atoms with Crippen LogP contribution in [0.2, 0.25) is 0 Å². The van der Waals surface area contributed by atoms with Crippen LogP contribution < -0.4 is 14.2 Å². The zero-order chi connectivity index (χ0) is 24.1. The molecule has 0 aliphatic carbocycles. The molecule has 2 aromatic carbocycles. The van der Waals surface area contributed by atoms with E-state index in [1.165, 1.54) is 7.11 Å². The minimum Gasteiger partial charge on any atom is -0.495 e. The third-order valence-electron chi connectivity index (χ3n) is 5.95. The van der Waals surface area contributed by atoms with Crippen LogP contribution in [-0.2, 0) is 28.4 Å². The SMILES string of the molecule is COc1cc(C(C)(C)C)ccc1S(=O)(=O)Nc1noc2cc(Cn3cccn3)c3c(c12)OCC3. The molecule has 34 heavy (non-hydrogen) atoms. The number of methoxy groups -OCH3 is 1. The fraction of sp³-hybridized carbons (Fsp3) is 0.333. The molecule has 0 amide bonds. The molecule has 0 saturated carbocycles. The summed E-state index contributed by atoms with van der Waals surface area (Å²) in [4.78, 5) is 0.0204. The molecule has 0 saturated heterocycles. The lowest BCUT2D eigenvalue weighted by atomic mass is 9.87. The second-order valence-corrected chi connectivity index (χ2v) is 10.9. The topological polar surface area (TPSA) is 108 Å². The van der Waals surface area contributed by atoms with Crippen LogP contribution in [0.4, 0.5) is 5.82 Å². The molecule has 9 nitrogen and oxygen atoms in total. The highest BCUT2D eigenvalue weighted by Gasteiger charge is 2.29. The van der Waals surface area contributed by atoms with Gasteiger partial charge in [0.1, 0.15) is 21.8 Å². The highest BCUT2D eigenvalue weighted by Crippen LogP contribution is 2.42. The van der Waals surface area contributed by atoms with Crippen molar-refractivity contribution in [3.8, 4) is 11.5 Å². The molecule has 0 unspecified atom stereocenters. The van der Waals surface area contributed by atoms with Crippen LogP contribution in [0.3, 0.4) is 0 Å². The van der Waals surface area contributed by atoms with Crippen LogP contribution in [0.5, 0.6) is 11.5 Å². The van der Waals surface area contributed by atoms with Crippen molar-refractivity contribution < 1.29 is 22.4 Å². The summed E-state index contributed by atoms with van der Waals surface area (Å²) in [7, 11) is -2.56. The average molecular weight is 483 g/mol. The Morgan fingerprint density at radius 2 is 2.06 bits per heavy atom. The van der Waals surface area contributed by atoms with Gasteiger partial charge in [-0.05, 0) is 40.8 Å². The molecule has 5 rings (SSSR count). The van der Waals surface area contributed by atoms with Gasteiger partial charge in [-0.1, -0.05) is 32.0 Å². The van der Waals surface area contributed by atoms with E-state index in [0.717, 1.165) is 16.7 Å². The Hall–Kier alpha value is -3.53. The fourth-order valence-electron chi connectivity index (χ4n) is 4.17. The number of benzene rings is 2. The van der Waals surface area contributed by atoms with E-state index in [9.17, 15) is 8.42 Å². The Bertz CT molecular complexity index is 1470. The Kier molecular flexibility index (Phi) is 5.27.